The highest BCUT2D eigenvalue weighted by molar-refractivity contribution is 6.01. The third-order valence-electron chi connectivity index (χ3n) is 6.53. The number of nitrogens with zero attached hydrogens (tertiary/aromatic N) is 2. The molecular formula is C31H37N5O8. The Morgan fingerprint density at radius 3 is 2.39 bits per heavy atom. The summed E-state index contributed by atoms with van der Waals surface area (Å²) in [7, 11) is 4.55. The number of carboxylic acids is 1. The lowest BCUT2D eigenvalue weighted by Crippen LogP contribution is -2.33. The number of aromatic nitrogens is 1. The summed E-state index contributed by atoms with van der Waals surface area (Å²) >= 11 is 0. The van der Waals surface area contributed by atoms with Crippen LogP contribution in [0.3, 0.4) is 0 Å². The lowest BCUT2D eigenvalue weighted by Gasteiger charge is -2.20. The maximum Gasteiger partial charge on any atom is 0.323 e. The largest absolute Gasteiger partial charge is 0.495 e. The molecule has 1 heterocycles. The van der Waals surface area contributed by atoms with Gasteiger partial charge in [-0.25, -0.2) is 9.78 Å². The van der Waals surface area contributed by atoms with E-state index >= 15 is 0 Å². The molecule has 0 aliphatic heterocycles. The average Bonchev–Trinajstić information content (AvgIpc) is 3.00. The summed E-state index contributed by atoms with van der Waals surface area (Å²) < 4.78 is 15.5. The fraction of sp³-hybridized carbons (Fsp3) is 0.323. The summed E-state index contributed by atoms with van der Waals surface area (Å²) in [5, 5.41) is 17.5. The topological polar surface area (TPSA) is 168 Å². The summed E-state index contributed by atoms with van der Waals surface area (Å²) in [5.41, 5.74) is 3.15. The van der Waals surface area contributed by atoms with Gasteiger partial charge in [0, 0.05) is 26.0 Å². The molecule has 1 unspecified atom stereocenters. The molecule has 13 nitrogen and oxygen atoms in total. The Labute approximate surface area is 255 Å². The predicted molar refractivity (Wildman–Crippen MR) is 164 cm³/mol. The molecule has 1 atom stereocenters. The molecule has 1 aromatic heterocycles. The van der Waals surface area contributed by atoms with E-state index in [4.69, 9.17) is 14.2 Å². The summed E-state index contributed by atoms with van der Waals surface area (Å²) in [6, 6.07) is 14.4. The highest BCUT2D eigenvalue weighted by atomic mass is 16.5. The molecule has 0 fully saturated rings. The maximum absolute atomic E-state index is 13.1. The van der Waals surface area contributed by atoms with Crippen molar-refractivity contribution in [2.75, 3.05) is 56.6 Å². The smallest absolute Gasteiger partial charge is 0.323 e. The molecule has 0 aliphatic carbocycles. The SMILES string of the molecule is COCCOCC(=O)NC(CC(=O)O)c1ccc(N(C)C(=O)Cc2ccc(NC(=O)Nc3ccccc3C)c(OC)c2)nc1. The van der Waals surface area contributed by atoms with E-state index in [-0.39, 0.29) is 32.0 Å². The van der Waals surface area contributed by atoms with Crippen molar-refractivity contribution < 1.29 is 38.5 Å². The van der Waals surface area contributed by atoms with Gasteiger partial charge in [-0.15, -0.1) is 0 Å². The number of aryl methyl sites for hydroxylation is 1. The fourth-order valence-corrected chi connectivity index (χ4v) is 4.13. The minimum Gasteiger partial charge on any atom is -0.495 e. The molecule has 0 saturated heterocycles. The molecule has 0 aliphatic rings. The number of aliphatic carboxylic acids is 1. The van der Waals surface area contributed by atoms with Crippen LogP contribution in [0.15, 0.2) is 60.8 Å². The van der Waals surface area contributed by atoms with Gasteiger partial charge < -0.3 is 35.3 Å². The molecular weight excluding hydrogens is 570 g/mol. The molecule has 44 heavy (non-hydrogen) atoms. The van der Waals surface area contributed by atoms with E-state index in [0.29, 0.717) is 40.7 Å². The highest BCUT2D eigenvalue weighted by Gasteiger charge is 2.20. The molecule has 13 heteroatoms. The molecule has 4 N–H and O–H groups in total. The second-order valence-electron chi connectivity index (χ2n) is 9.77. The molecule has 0 radical (unpaired) electrons. The zero-order chi connectivity index (χ0) is 32.1. The van der Waals surface area contributed by atoms with Crippen LogP contribution in [0.2, 0.25) is 0 Å². The van der Waals surface area contributed by atoms with Gasteiger partial charge in [0.2, 0.25) is 11.8 Å². The number of carbonyl (C=O) groups excluding carboxylic acids is 3. The second-order valence-corrected chi connectivity index (χ2v) is 9.77. The van der Waals surface area contributed by atoms with Crippen molar-refractivity contribution in [3.05, 3.63) is 77.5 Å². The van der Waals surface area contributed by atoms with Crippen LogP contribution in [-0.4, -0.2) is 75.0 Å². The van der Waals surface area contributed by atoms with Gasteiger partial charge in [-0.1, -0.05) is 30.3 Å². The number of para-hydroxylation sites is 1. The van der Waals surface area contributed by atoms with E-state index in [1.54, 1.807) is 43.4 Å². The summed E-state index contributed by atoms with van der Waals surface area (Å²) in [4.78, 5) is 54.9. The van der Waals surface area contributed by atoms with Crippen LogP contribution in [-0.2, 0) is 30.3 Å². The number of pyridine rings is 1. The van der Waals surface area contributed by atoms with Gasteiger partial charge in [-0.2, -0.15) is 0 Å². The minimum absolute atomic E-state index is 0.0206. The number of ether oxygens (including phenoxy) is 3. The normalized spacial score (nSPS) is 11.3. The van der Waals surface area contributed by atoms with Crippen LogP contribution < -0.4 is 25.6 Å². The molecule has 0 spiro atoms. The number of carbonyl (C=O) groups is 4. The van der Waals surface area contributed by atoms with Gasteiger partial charge >= 0.3 is 12.0 Å². The Morgan fingerprint density at radius 2 is 1.73 bits per heavy atom. The number of hydrogen-bond donors (Lipinski definition) is 4. The second kappa shape index (κ2) is 16.6. The lowest BCUT2D eigenvalue weighted by atomic mass is 10.1. The van der Waals surface area contributed by atoms with E-state index in [1.807, 2.05) is 25.1 Å². The Morgan fingerprint density at radius 1 is 0.977 bits per heavy atom. The number of benzene rings is 2. The number of amides is 4. The summed E-state index contributed by atoms with van der Waals surface area (Å²) in [6.07, 6.45) is 1.08. The van der Waals surface area contributed by atoms with Crippen LogP contribution in [0.25, 0.3) is 0 Å². The Bertz CT molecular complexity index is 1450. The quantitative estimate of drug-likeness (QED) is 0.189. The number of urea groups is 1. The van der Waals surface area contributed by atoms with Gasteiger partial charge in [0.1, 0.15) is 18.2 Å². The van der Waals surface area contributed by atoms with Crippen LogP contribution in [0.1, 0.15) is 29.2 Å². The van der Waals surface area contributed by atoms with Crippen molar-refractivity contribution >= 4 is 41.0 Å². The first-order valence-corrected chi connectivity index (χ1v) is 13.7. The Hall–Kier alpha value is -5.01. The van der Waals surface area contributed by atoms with E-state index < -0.39 is 23.9 Å². The Kier molecular flexibility index (Phi) is 12.6. The van der Waals surface area contributed by atoms with Gasteiger partial charge in [0.15, 0.2) is 0 Å². The van der Waals surface area contributed by atoms with Crippen molar-refractivity contribution in [2.45, 2.75) is 25.8 Å². The van der Waals surface area contributed by atoms with Crippen molar-refractivity contribution in [3.8, 4) is 5.75 Å². The van der Waals surface area contributed by atoms with Crippen molar-refractivity contribution in [1.29, 1.82) is 0 Å². The number of carboxylic acid groups (broad SMARTS) is 1. The van der Waals surface area contributed by atoms with Crippen molar-refractivity contribution in [1.82, 2.24) is 10.3 Å². The maximum atomic E-state index is 13.1. The van der Waals surface area contributed by atoms with E-state index in [9.17, 15) is 24.3 Å². The molecule has 3 aromatic rings. The van der Waals surface area contributed by atoms with E-state index in [2.05, 4.69) is 20.9 Å². The number of anilines is 3. The van der Waals surface area contributed by atoms with E-state index in [1.165, 1.54) is 25.3 Å². The van der Waals surface area contributed by atoms with Crippen LogP contribution in [0.4, 0.5) is 22.0 Å². The van der Waals surface area contributed by atoms with Gasteiger partial charge in [0.25, 0.3) is 0 Å². The van der Waals surface area contributed by atoms with Crippen LogP contribution in [0.5, 0.6) is 5.75 Å². The minimum atomic E-state index is -1.10. The van der Waals surface area contributed by atoms with Gasteiger partial charge in [0.05, 0.1) is 44.9 Å². The average molecular weight is 608 g/mol. The molecule has 2 aromatic carbocycles. The first kappa shape index (κ1) is 33.5. The lowest BCUT2D eigenvalue weighted by molar-refractivity contribution is -0.138. The highest BCUT2D eigenvalue weighted by Crippen LogP contribution is 2.27. The predicted octanol–water partition coefficient (Wildman–Crippen LogP) is 3.54. The number of hydrogen-bond acceptors (Lipinski definition) is 8. The first-order chi connectivity index (χ1) is 21.1. The number of rotatable bonds is 15. The molecule has 3 rings (SSSR count). The zero-order valence-corrected chi connectivity index (χ0v) is 25.1. The zero-order valence-electron chi connectivity index (χ0n) is 25.1. The van der Waals surface area contributed by atoms with Crippen molar-refractivity contribution in [2.24, 2.45) is 0 Å². The molecule has 0 saturated carbocycles. The molecule has 234 valence electrons. The van der Waals surface area contributed by atoms with Crippen molar-refractivity contribution in [3.63, 3.8) is 0 Å². The van der Waals surface area contributed by atoms with Crippen LogP contribution in [0, 0.1) is 6.92 Å². The third kappa shape index (κ3) is 10.1. The summed E-state index contributed by atoms with van der Waals surface area (Å²) in [5.74, 6) is -1.13. The van der Waals surface area contributed by atoms with Crippen LogP contribution >= 0.6 is 0 Å². The Balaban J connectivity index is 1.62. The fourth-order valence-electron chi connectivity index (χ4n) is 4.13. The first-order valence-electron chi connectivity index (χ1n) is 13.7. The monoisotopic (exact) mass is 607 g/mol. The number of nitrogens with one attached hydrogen (secondary N) is 3. The standard InChI is InChI=1S/C31H37N5O8/c1-20-7-5-6-8-23(20)34-31(41)35-24-11-9-21(15-26(24)43-4)16-29(38)36(2)27-12-10-22(18-32-27)25(17-30(39)40)33-28(37)19-44-14-13-42-3/h5-12,15,18,25H,13-14,16-17,19H2,1-4H3,(H,33,37)(H,39,40)(H2,34,35,41). The summed E-state index contributed by atoms with van der Waals surface area (Å²) in [6.45, 7) is 2.20. The molecule has 0 bridgehead atoms. The molecule has 4 amide bonds. The van der Waals surface area contributed by atoms with E-state index in [0.717, 1.165) is 5.56 Å². The third-order valence-corrected chi connectivity index (χ3v) is 6.53. The van der Waals surface area contributed by atoms with Gasteiger partial charge in [-0.3, -0.25) is 19.3 Å². The number of likely N-dealkylation sites (N-methyl/N-ethyl adjacent to an activating group) is 1. The number of methoxy groups -OCH3 is 2. The van der Waals surface area contributed by atoms with Gasteiger partial charge in [-0.05, 0) is 47.9 Å².